The Morgan fingerprint density at radius 1 is 1.08 bits per heavy atom. The van der Waals surface area contributed by atoms with Crippen LogP contribution in [0.4, 0.5) is 5.69 Å². The van der Waals surface area contributed by atoms with Crippen LogP contribution in [0, 0.1) is 12.8 Å². The molecule has 4 nitrogen and oxygen atoms in total. The van der Waals surface area contributed by atoms with Crippen LogP contribution in [0.5, 0.6) is 0 Å². The minimum Gasteiger partial charge on any atom is -0.368 e. The zero-order chi connectivity index (χ0) is 16.5. The molecule has 1 aromatic carbocycles. The lowest BCUT2D eigenvalue weighted by Gasteiger charge is -2.37. The van der Waals surface area contributed by atoms with Gasteiger partial charge in [-0.15, -0.1) is 0 Å². The molecular formula is C20H29N3O. The number of anilines is 1. The van der Waals surface area contributed by atoms with Gasteiger partial charge in [0, 0.05) is 37.9 Å². The topological polar surface area (TPSA) is 35.6 Å². The monoisotopic (exact) mass is 327 g/mol. The molecule has 130 valence electrons. The minimum absolute atomic E-state index is 0.0723. The van der Waals surface area contributed by atoms with Crippen LogP contribution < -0.4 is 10.2 Å². The summed E-state index contributed by atoms with van der Waals surface area (Å²) in [5, 5.41) is 3.64. The van der Waals surface area contributed by atoms with Crippen molar-refractivity contribution >= 4 is 11.6 Å². The van der Waals surface area contributed by atoms with E-state index >= 15 is 0 Å². The van der Waals surface area contributed by atoms with Crippen molar-refractivity contribution in [1.82, 2.24) is 10.2 Å². The molecule has 0 radical (unpaired) electrons. The number of carbonyl (C=O) groups excluding carboxylic acids is 1. The third-order valence-electron chi connectivity index (χ3n) is 6.21. The van der Waals surface area contributed by atoms with Crippen LogP contribution in [0.2, 0.25) is 0 Å². The summed E-state index contributed by atoms with van der Waals surface area (Å²) in [5.74, 6) is 1.08. The van der Waals surface area contributed by atoms with Gasteiger partial charge in [-0.1, -0.05) is 31.0 Å². The molecule has 1 saturated carbocycles. The summed E-state index contributed by atoms with van der Waals surface area (Å²) in [4.78, 5) is 17.4. The van der Waals surface area contributed by atoms with E-state index in [0.717, 1.165) is 38.5 Å². The van der Waals surface area contributed by atoms with Crippen molar-refractivity contribution in [1.29, 1.82) is 0 Å². The van der Waals surface area contributed by atoms with Gasteiger partial charge < -0.3 is 15.1 Å². The molecule has 1 aliphatic carbocycles. The molecule has 3 aliphatic rings. The van der Waals surface area contributed by atoms with Gasteiger partial charge in [0.2, 0.25) is 5.91 Å². The van der Waals surface area contributed by atoms with Crippen molar-refractivity contribution in [2.45, 2.75) is 51.1 Å². The molecular weight excluding hydrogens is 298 g/mol. The molecule has 0 bridgehead atoms. The molecule has 0 spiro atoms. The predicted molar refractivity (Wildman–Crippen MR) is 97.3 cm³/mol. The number of amides is 1. The number of fused-ring (bicyclic) bond motifs is 1. The SMILES string of the molecule is Cc1ccccc1N1CCN(C(=O)C2CC3CCCCC3N2)CC1. The summed E-state index contributed by atoms with van der Waals surface area (Å²) >= 11 is 0. The number of hydrogen-bond donors (Lipinski definition) is 1. The third kappa shape index (κ3) is 3.04. The van der Waals surface area contributed by atoms with Crippen LogP contribution in [0.25, 0.3) is 0 Å². The number of rotatable bonds is 2. The Bertz CT molecular complexity index is 580. The first-order valence-corrected chi connectivity index (χ1v) is 9.58. The lowest BCUT2D eigenvalue weighted by Crippen LogP contribution is -2.53. The lowest BCUT2D eigenvalue weighted by atomic mass is 9.85. The van der Waals surface area contributed by atoms with Crippen molar-refractivity contribution in [3.8, 4) is 0 Å². The molecule has 24 heavy (non-hydrogen) atoms. The van der Waals surface area contributed by atoms with Crippen LogP contribution in [0.3, 0.4) is 0 Å². The zero-order valence-electron chi connectivity index (χ0n) is 14.7. The predicted octanol–water partition coefficient (Wildman–Crippen LogP) is 2.56. The second-order valence-electron chi connectivity index (χ2n) is 7.70. The summed E-state index contributed by atoms with van der Waals surface area (Å²) < 4.78 is 0. The fraction of sp³-hybridized carbons (Fsp3) is 0.650. The average molecular weight is 327 g/mol. The molecule has 1 amide bonds. The maximum Gasteiger partial charge on any atom is 0.239 e. The molecule has 3 fully saturated rings. The van der Waals surface area contributed by atoms with Gasteiger partial charge in [-0.2, -0.15) is 0 Å². The molecule has 3 unspecified atom stereocenters. The van der Waals surface area contributed by atoms with Gasteiger partial charge in [0.15, 0.2) is 0 Å². The van der Waals surface area contributed by atoms with Crippen LogP contribution in [0.1, 0.15) is 37.7 Å². The Morgan fingerprint density at radius 3 is 2.58 bits per heavy atom. The fourth-order valence-electron chi connectivity index (χ4n) is 4.82. The largest absolute Gasteiger partial charge is 0.368 e. The number of para-hydroxylation sites is 1. The smallest absolute Gasteiger partial charge is 0.239 e. The summed E-state index contributed by atoms with van der Waals surface area (Å²) in [6.45, 7) is 5.74. The Kier molecular flexibility index (Phi) is 4.49. The van der Waals surface area contributed by atoms with Crippen molar-refractivity contribution in [3.05, 3.63) is 29.8 Å². The highest BCUT2D eigenvalue weighted by Crippen LogP contribution is 2.33. The van der Waals surface area contributed by atoms with E-state index in [1.807, 2.05) is 0 Å². The molecule has 4 rings (SSSR count). The average Bonchev–Trinajstić information content (AvgIpc) is 3.06. The second kappa shape index (κ2) is 6.75. The third-order valence-corrected chi connectivity index (χ3v) is 6.21. The van der Waals surface area contributed by atoms with E-state index in [1.54, 1.807) is 0 Å². The van der Waals surface area contributed by atoms with Crippen molar-refractivity contribution in [3.63, 3.8) is 0 Å². The number of aryl methyl sites for hydroxylation is 1. The highest BCUT2D eigenvalue weighted by atomic mass is 16.2. The fourth-order valence-corrected chi connectivity index (χ4v) is 4.82. The highest BCUT2D eigenvalue weighted by molar-refractivity contribution is 5.82. The maximum atomic E-state index is 12.9. The van der Waals surface area contributed by atoms with Crippen LogP contribution in [0.15, 0.2) is 24.3 Å². The van der Waals surface area contributed by atoms with Crippen molar-refractivity contribution in [2.24, 2.45) is 5.92 Å². The zero-order valence-corrected chi connectivity index (χ0v) is 14.7. The standard InChI is InChI=1S/C20H29N3O/c1-15-6-2-5-9-19(15)22-10-12-23(13-11-22)20(24)18-14-16-7-3-4-8-17(16)21-18/h2,5-6,9,16-18,21H,3-4,7-8,10-14H2,1H3. The second-order valence-corrected chi connectivity index (χ2v) is 7.70. The lowest BCUT2D eigenvalue weighted by molar-refractivity contribution is -0.133. The van der Waals surface area contributed by atoms with Crippen LogP contribution in [-0.4, -0.2) is 49.1 Å². The maximum absolute atomic E-state index is 12.9. The molecule has 3 atom stereocenters. The van der Waals surface area contributed by atoms with E-state index < -0.39 is 0 Å². The molecule has 2 saturated heterocycles. The Labute approximate surface area is 145 Å². The van der Waals surface area contributed by atoms with Crippen LogP contribution in [-0.2, 0) is 4.79 Å². The van der Waals surface area contributed by atoms with Gasteiger partial charge >= 0.3 is 0 Å². The Balaban J connectivity index is 1.34. The molecule has 2 heterocycles. The van der Waals surface area contributed by atoms with Crippen LogP contribution >= 0.6 is 0 Å². The Morgan fingerprint density at radius 2 is 1.83 bits per heavy atom. The van der Waals surface area contributed by atoms with Gasteiger partial charge in [0.05, 0.1) is 6.04 Å². The van der Waals surface area contributed by atoms with E-state index in [4.69, 9.17) is 0 Å². The summed E-state index contributed by atoms with van der Waals surface area (Å²) in [7, 11) is 0. The van der Waals surface area contributed by atoms with Gasteiger partial charge in [0.25, 0.3) is 0 Å². The van der Waals surface area contributed by atoms with Gasteiger partial charge in [-0.3, -0.25) is 4.79 Å². The normalized spacial score (nSPS) is 30.3. The number of benzene rings is 1. The van der Waals surface area contributed by atoms with E-state index in [2.05, 4.69) is 46.3 Å². The summed E-state index contributed by atoms with van der Waals surface area (Å²) in [6, 6.07) is 9.21. The number of nitrogens with zero attached hydrogens (tertiary/aromatic N) is 2. The van der Waals surface area contributed by atoms with E-state index in [1.165, 1.54) is 36.9 Å². The molecule has 1 aromatic rings. The quantitative estimate of drug-likeness (QED) is 0.907. The molecule has 2 aliphatic heterocycles. The molecule has 4 heteroatoms. The number of hydrogen-bond acceptors (Lipinski definition) is 3. The Hall–Kier alpha value is -1.55. The number of carbonyl (C=O) groups is 1. The van der Waals surface area contributed by atoms with E-state index in [0.29, 0.717) is 11.9 Å². The van der Waals surface area contributed by atoms with Crippen molar-refractivity contribution < 1.29 is 4.79 Å². The first-order chi connectivity index (χ1) is 11.7. The van der Waals surface area contributed by atoms with Crippen molar-refractivity contribution in [2.75, 3.05) is 31.1 Å². The molecule has 0 aromatic heterocycles. The number of nitrogens with one attached hydrogen (secondary N) is 1. The van der Waals surface area contributed by atoms with E-state index in [-0.39, 0.29) is 6.04 Å². The minimum atomic E-state index is 0.0723. The molecule has 1 N–H and O–H groups in total. The van der Waals surface area contributed by atoms with Gasteiger partial charge in [0.1, 0.15) is 0 Å². The summed E-state index contributed by atoms with van der Waals surface area (Å²) in [6.07, 6.45) is 6.29. The highest BCUT2D eigenvalue weighted by Gasteiger charge is 2.40. The van der Waals surface area contributed by atoms with Gasteiger partial charge in [-0.05, 0) is 43.7 Å². The van der Waals surface area contributed by atoms with Gasteiger partial charge in [-0.25, -0.2) is 0 Å². The first-order valence-electron chi connectivity index (χ1n) is 9.58. The number of piperazine rings is 1. The van der Waals surface area contributed by atoms with E-state index in [9.17, 15) is 4.79 Å². The summed E-state index contributed by atoms with van der Waals surface area (Å²) in [5.41, 5.74) is 2.63. The first kappa shape index (κ1) is 15.9.